The molecule has 3 aliphatic heterocycles. The molecule has 1 unspecified atom stereocenters. The van der Waals surface area contributed by atoms with Crippen molar-refractivity contribution < 1.29 is 17.9 Å². The molecule has 2 aromatic rings. The van der Waals surface area contributed by atoms with E-state index in [1.165, 1.54) is 0 Å². The van der Waals surface area contributed by atoms with Crippen LogP contribution in [0.2, 0.25) is 0 Å². The lowest BCUT2D eigenvalue weighted by molar-refractivity contribution is -0.137. The molecule has 0 aromatic carbocycles. The Bertz CT molecular complexity index is 1320. The highest BCUT2D eigenvalue weighted by Gasteiger charge is 2.57. The van der Waals surface area contributed by atoms with E-state index in [0.29, 0.717) is 38.5 Å². The maximum absolute atomic E-state index is 13.3. The van der Waals surface area contributed by atoms with Crippen molar-refractivity contribution in [2.75, 3.05) is 42.3 Å². The van der Waals surface area contributed by atoms with E-state index < -0.39 is 14.6 Å². The summed E-state index contributed by atoms with van der Waals surface area (Å²) in [5, 5.41) is 8.70. The van der Waals surface area contributed by atoms with Gasteiger partial charge in [-0.05, 0) is 39.3 Å². The molecule has 3 aliphatic rings. The summed E-state index contributed by atoms with van der Waals surface area (Å²) < 4.78 is 28.6. The number of rotatable bonds is 5. The molecule has 37 heavy (non-hydrogen) atoms. The van der Waals surface area contributed by atoms with E-state index in [2.05, 4.69) is 45.8 Å². The van der Waals surface area contributed by atoms with Gasteiger partial charge in [0, 0.05) is 49.8 Å². The fraction of sp³-hybridized carbons (Fsp3) is 0.640. The molecule has 0 bridgehead atoms. The second kappa shape index (κ2) is 8.87. The Kier molecular flexibility index (Phi) is 6.18. The second-order valence-corrected chi connectivity index (χ2v) is 13.8. The average molecular weight is 530 g/mol. The summed E-state index contributed by atoms with van der Waals surface area (Å²) in [6.45, 7) is 12.0. The highest BCUT2D eigenvalue weighted by atomic mass is 32.2. The zero-order valence-electron chi connectivity index (χ0n) is 22.3. The van der Waals surface area contributed by atoms with Crippen LogP contribution in [0.3, 0.4) is 0 Å². The number of ether oxygens (including phenoxy) is 1. The van der Waals surface area contributed by atoms with Crippen LogP contribution in [0.1, 0.15) is 52.3 Å². The van der Waals surface area contributed by atoms with Crippen LogP contribution in [-0.2, 0) is 31.4 Å². The molecular weight excluding hydrogens is 494 g/mol. The van der Waals surface area contributed by atoms with Gasteiger partial charge in [-0.1, -0.05) is 13.8 Å². The first-order chi connectivity index (χ1) is 17.4. The molecule has 0 aliphatic carbocycles. The Balaban J connectivity index is 1.44. The number of hydrogen-bond acceptors (Lipinski definition) is 10. The summed E-state index contributed by atoms with van der Waals surface area (Å²) in [4.78, 5) is 28.8. The van der Waals surface area contributed by atoms with Crippen molar-refractivity contribution in [3.05, 3.63) is 29.7 Å². The molecule has 2 fully saturated rings. The normalized spacial score (nSPS) is 28.1. The first-order valence-electron chi connectivity index (χ1n) is 12.6. The Morgan fingerprint density at radius 3 is 2.41 bits per heavy atom. The van der Waals surface area contributed by atoms with Gasteiger partial charge in [-0.2, -0.15) is 5.10 Å². The minimum Gasteiger partial charge on any atom is -0.378 e. The number of nitrogens with zero attached hydrogens (tertiary/aromatic N) is 7. The van der Waals surface area contributed by atoms with Crippen molar-refractivity contribution in [2.24, 2.45) is 0 Å². The van der Waals surface area contributed by atoms with Gasteiger partial charge < -0.3 is 19.4 Å². The van der Waals surface area contributed by atoms with Gasteiger partial charge >= 0.3 is 0 Å². The van der Waals surface area contributed by atoms with Gasteiger partial charge in [0.15, 0.2) is 15.7 Å². The minimum absolute atomic E-state index is 0.0523. The molecular formula is C25H35N7O4S. The van der Waals surface area contributed by atoms with Gasteiger partial charge in [0.25, 0.3) is 0 Å². The smallest absolute Gasteiger partial charge is 0.244 e. The fourth-order valence-electron chi connectivity index (χ4n) is 5.68. The summed E-state index contributed by atoms with van der Waals surface area (Å²) in [5.41, 5.74) is 1.53. The predicted molar refractivity (Wildman–Crippen MR) is 140 cm³/mol. The van der Waals surface area contributed by atoms with E-state index >= 15 is 0 Å². The lowest BCUT2D eigenvalue weighted by atomic mass is 9.87. The number of hydrogen-bond donors (Lipinski definition) is 0. The number of carbonyl (C=O) groups excluding carboxylic acids is 1. The number of carbonyl (C=O) groups is 1. The third-order valence-electron chi connectivity index (χ3n) is 8.07. The monoisotopic (exact) mass is 529 g/mol. The Morgan fingerprint density at radius 1 is 1.08 bits per heavy atom. The molecule has 0 spiro atoms. The number of methoxy groups -OCH3 is 1. The van der Waals surface area contributed by atoms with E-state index in [1.54, 1.807) is 25.3 Å². The number of aromatic nitrogens is 4. The lowest BCUT2D eigenvalue weighted by Gasteiger charge is -2.49. The largest absolute Gasteiger partial charge is 0.378 e. The first-order valence-corrected chi connectivity index (χ1v) is 14.3. The molecule has 0 saturated carbocycles. The molecule has 0 N–H and O–H groups in total. The van der Waals surface area contributed by atoms with Crippen LogP contribution in [0, 0.1) is 0 Å². The first kappa shape index (κ1) is 25.8. The Hall–Kier alpha value is -2.86. The van der Waals surface area contributed by atoms with Gasteiger partial charge in [-0.15, -0.1) is 5.10 Å². The molecule has 2 saturated heterocycles. The highest BCUT2D eigenvalue weighted by Crippen LogP contribution is 2.47. The SMILES string of the molecule is COCc1ccc(N2CC(C)(C)c3c2ncnc3N2C[C@@H](C)N(C(=O)C3(C)CCS3(=O)=O)C[C@@H]2C)nn1. The van der Waals surface area contributed by atoms with Crippen LogP contribution < -0.4 is 9.80 Å². The van der Waals surface area contributed by atoms with Crippen LogP contribution in [0.5, 0.6) is 0 Å². The quantitative estimate of drug-likeness (QED) is 0.567. The van der Waals surface area contributed by atoms with Crippen molar-refractivity contribution in [3.63, 3.8) is 0 Å². The van der Waals surface area contributed by atoms with Crippen molar-refractivity contribution >= 4 is 33.2 Å². The molecule has 3 atom stereocenters. The van der Waals surface area contributed by atoms with Gasteiger partial charge in [0.2, 0.25) is 5.91 Å². The maximum Gasteiger partial charge on any atom is 0.244 e. The standard InChI is InChI=1S/C25H35N7O4S/c1-16-12-31(23(33)25(5)9-10-37(25,34)35)17(2)11-30(16)21-20-22(27-15-26-21)32(14-24(20,3)4)19-8-7-18(13-36-6)28-29-19/h7-8,15-17H,9-14H2,1-6H3/t16-,17+,25?/m0/s1. The molecule has 0 radical (unpaired) electrons. The van der Waals surface area contributed by atoms with Crippen LogP contribution >= 0.6 is 0 Å². The summed E-state index contributed by atoms with van der Waals surface area (Å²) in [6, 6.07) is 3.62. The Labute approximate surface area is 218 Å². The summed E-state index contributed by atoms with van der Waals surface area (Å²) >= 11 is 0. The molecule has 11 nitrogen and oxygen atoms in total. The van der Waals surface area contributed by atoms with Crippen molar-refractivity contribution in [1.82, 2.24) is 25.1 Å². The topological polar surface area (TPSA) is 122 Å². The van der Waals surface area contributed by atoms with E-state index in [-0.39, 0.29) is 29.2 Å². The molecule has 2 aromatic heterocycles. The maximum atomic E-state index is 13.3. The zero-order valence-corrected chi connectivity index (χ0v) is 23.1. The van der Waals surface area contributed by atoms with Crippen molar-refractivity contribution in [2.45, 2.75) is 69.9 Å². The van der Waals surface area contributed by atoms with Crippen LogP contribution in [0.4, 0.5) is 17.5 Å². The van der Waals surface area contributed by atoms with Crippen LogP contribution in [0.15, 0.2) is 18.5 Å². The van der Waals surface area contributed by atoms with Gasteiger partial charge in [0.1, 0.15) is 22.7 Å². The van der Waals surface area contributed by atoms with Crippen LogP contribution in [0.25, 0.3) is 0 Å². The highest BCUT2D eigenvalue weighted by molar-refractivity contribution is 7.95. The summed E-state index contributed by atoms with van der Waals surface area (Å²) in [6.07, 6.45) is 1.96. The molecule has 1 amide bonds. The van der Waals surface area contributed by atoms with E-state index in [9.17, 15) is 13.2 Å². The Morgan fingerprint density at radius 2 is 1.81 bits per heavy atom. The summed E-state index contributed by atoms with van der Waals surface area (Å²) in [5.74, 6) is 2.15. The molecule has 5 heterocycles. The molecule has 12 heteroatoms. The lowest BCUT2D eigenvalue weighted by Crippen LogP contribution is -2.66. The van der Waals surface area contributed by atoms with E-state index in [0.717, 1.165) is 22.9 Å². The minimum atomic E-state index is -3.39. The number of amides is 1. The van der Waals surface area contributed by atoms with Crippen molar-refractivity contribution in [1.29, 1.82) is 0 Å². The van der Waals surface area contributed by atoms with Crippen molar-refractivity contribution in [3.8, 4) is 0 Å². The summed E-state index contributed by atoms with van der Waals surface area (Å²) in [7, 11) is -1.76. The van der Waals surface area contributed by atoms with Gasteiger partial charge in [0.05, 0.1) is 18.1 Å². The number of fused-ring (bicyclic) bond motifs is 1. The van der Waals surface area contributed by atoms with E-state index in [4.69, 9.17) is 9.72 Å². The van der Waals surface area contributed by atoms with Crippen LogP contribution in [-0.4, -0.2) is 88.7 Å². The number of piperazine rings is 1. The third-order valence-corrected chi connectivity index (χ3v) is 10.6. The van der Waals surface area contributed by atoms with E-state index in [1.807, 2.05) is 19.1 Å². The zero-order chi connectivity index (χ0) is 26.8. The third kappa shape index (κ3) is 4.04. The number of sulfone groups is 1. The van der Waals surface area contributed by atoms with Gasteiger partial charge in [-0.3, -0.25) is 4.79 Å². The fourth-order valence-corrected chi connectivity index (χ4v) is 7.21. The average Bonchev–Trinajstić information content (AvgIpc) is 3.15. The molecule has 5 rings (SSSR count). The molecule has 200 valence electrons. The predicted octanol–water partition coefficient (Wildman–Crippen LogP) is 1.85. The second-order valence-electron chi connectivity index (χ2n) is 11.3. The van der Waals surface area contributed by atoms with Gasteiger partial charge in [-0.25, -0.2) is 18.4 Å². The number of anilines is 3.